The molecule has 1 heterocycles. The molecule has 0 atom stereocenters. The van der Waals surface area contributed by atoms with Gasteiger partial charge >= 0.3 is 0 Å². The number of H-pyrrole nitrogens is 1. The Kier molecular flexibility index (Phi) is 3.18. The Labute approximate surface area is 123 Å². The minimum absolute atomic E-state index is 0.189. The molecule has 0 amide bonds. The van der Waals surface area contributed by atoms with Crippen LogP contribution >= 0.6 is 15.9 Å². The molecule has 100 valence electrons. The van der Waals surface area contributed by atoms with Gasteiger partial charge < -0.3 is 4.98 Å². The minimum atomic E-state index is -0.390. The van der Waals surface area contributed by atoms with E-state index < -0.39 is 0 Å². The number of nitrogens with one attached hydrogen (secondary N) is 1. The number of ketones is 1. The zero-order valence-corrected chi connectivity index (χ0v) is 12.3. The molecule has 20 heavy (non-hydrogen) atoms. The van der Waals surface area contributed by atoms with Crippen molar-refractivity contribution in [2.75, 3.05) is 0 Å². The van der Waals surface area contributed by atoms with E-state index in [4.69, 9.17) is 0 Å². The number of hydrogen-bond acceptors (Lipinski definition) is 1. The molecule has 1 N–H and O–H groups in total. The summed E-state index contributed by atoms with van der Waals surface area (Å²) in [4.78, 5) is 15.5. The van der Waals surface area contributed by atoms with Crippen molar-refractivity contribution >= 4 is 32.6 Å². The quantitative estimate of drug-likeness (QED) is 0.683. The standard InChI is InChI=1S/C16H11BrFNO/c1-9-5-10(7-11(17)6-9)16(20)12-8-19-14-4-2-3-13(18)15(12)14/h2-8,19H,1H3. The van der Waals surface area contributed by atoms with Crippen LogP contribution < -0.4 is 0 Å². The zero-order chi connectivity index (χ0) is 14.3. The van der Waals surface area contributed by atoms with Gasteiger partial charge in [0, 0.05) is 27.1 Å². The van der Waals surface area contributed by atoms with Crippen molar-refractivity contribution in [1.29, 1.82) is 0 Å². The second kappa shape index (κ2) is 4.87. The van der Waals surface area contributed by atoms with E-state index in [0.29, 0.717) is 22.0 Å². The first kappa shape index (κ1) is 13.1. The van der Waals surface area contributed by atoms with Crippen LogP contribution in [0.15, 0.2) is 47.1 Å². The Balaban J connectivity index is 2.18. The van der Waals surface area contributed by atoms with Crippen molar-refractivity contribution in [2.24, 2.45) is 0 Å². The predicted molar refractivity (Wildman–Crippen MR) is 80.6 cm³/mol. The molecular weight excluding hydrogens is 321 g/mol. The Morgan fingerprint density at radius 2 is 2.05 bits per heavy atom. The van der Waals surface area contributed by atoms with Gasteiger partial charge in [0.25, 0.3) is 0 Å². The van der Waals surface area contributed by atoms with Crippen LogP contribution in [0.4, 0.5) is 4.39 Å². The SMILES string of the molecule is Cc1cc(Br)cc(C(=O)c2c[nH]c3cccc(F)c23)c1. The lowest BCUT2D eigenvalue weighted by Gasteiger charge is -2.03. The first-order valence-electron chi connectivity index (χ1n) is 6.14. The average Bonchev–Trinajstić information content (AvgIpc) is 2.82. The number of halogens is 2. The lowest BCUT2D eigenvalue weighted by atomic mass is 10.0. The highest BCUT2D eigenvalue weighted by Gasteiger charge is 2.17. The van der Waals surface area contributed by atoms with E-state index in [9.17, 15) is 9.18 Å². The highest BCUT2D eigenvalue weighted by atomic mass is 79.9. The van der Waals surface area contributed by atoms with Crippen molar-refractivity contribution in [3.05, 3.63) is 69.6 Å². The normalized spacial score (nSPS) is 10.9. The molecular formula is C16H11BrFNO. The van der Waals surface area contributed by atoms with Crippen LogP contribution in [0, 0.1) is 12.7 Å². The highest BCUT2D eigenvalue weighted by Crippen LogP contribution is 2.25. The van der Waals surface area contributed by atoms with Gasteiger partial charge in [-0.3, -0.25) is 4.79 Å². The largest absolute Gasteiger partial charge is 0.360 e. The van der Waals surface area contributed by atoms with Gasteiger partial charge in [-0.15, -0.1) is 0 Å². The highest BCUT2D eigenvalue weighted by molar-refractivity contribution is 9.10. The minimum Gasteiger partial charge on any atom is -0.360 e. The van der Waals surface area contributed by atoms with Gasteiger partial charge in [0.15, 0.2) is 5.78 Å². The molecule has 0 aliphatic heterocycles. The maximum Gasteiger partial charge on any atom is 0.195 e. The molecule has 0 radical (unpaired) electrons. The molecule has 0 fully saturated rings. The third kappa shape index (κ3) is 2.16. The van der Waals surface area contributed by atoms with Crippen molar-refractivity contribution in [3.63, 3.8) is 0 Å². The summed E-state index contributed by atoms with van der Waals surface area (Å²) in [6.07, 6.45) is 1.56. The van der Waals surface area contributed by atoms with Gasteiger partial charge in [-0.25, -0.2) is 4.39 Å². The van der Waals surface area contributed by atoms with Gasteiger partial charge in [0.05, 0.1) is 5.56 Å². The van der Waals surface area contributed by atoms with Crippen molar-refractivity contribution in [3.8, 4) is 0 Å². The van der Waals surface area contributed by atoms with Crippen molar-refractivity contribution in [1.82, 2.24) is 4.98 Å². The molecule has 4 heteroatoms. The summed E-state index contributed by atoms with van der Waals surface area (Å²) in [6.45, 7) is 1.91. The van der Waals surface area contributed by atoms with Gasteiger partial charge in [0.1, 0.15) is 5.82 Å². The maximum atomic E-state index is 13.9. The topological polar surface area (TPSA) is 32.9 Å². The third-order valence-corrected chi connectivity index (χ3v) is 3.66. The molecule has 0 bridgehead atoms. The number of hydrogen-bond donors (Lipinski definition) is 1. The second-order valence-corrected chi connectivity index (χ2v) is 5.63. The van der Waals surface area contributed by atoms with E-state index in [2.05, 4.69) is 20.9 Å². The molecule has 3 rings (SSSR count). The number of aromatic nitrogens is 1. The molecule has 0 aliphatic rings. The van der Waals surface area contributed by atoms with Crippen LogP contribution in [0.2, 0.25) is 0 Å². The number of carbonyl (C=O) groups excluding carboxylic acids is 1. The average molecular weight is 332 g/mol. The Bertz CT molecular complexity index is 802. The molecule has 0 spiro atoms. The van der Waals surface area contributed by atoms with Crippen molar-refractivity contribution < 1.29 is 9.18 Å². The summed E-state index contributed by atoms with van der Waals surface area (Å²) in [6, 6.07) is 10.2. The van der Waals surface area contributed by atoms with E-state index >= 15 is 0 Å². The van der Waals surface area contributed by atoms with Crippen molar-refractivity contribution in [2.45, 2.75) is 6.92 Å². The third-order valence-electron chi connectivity index (χ3n) is 3.20. The van der Waals surface area contributed by atoms with Crippen LogP contribution in [0.1, 0.15) is 21.5 Å². The summed E-state index contributed by atoms with van der Waals surface area (Å²) in [5.74, 6) is -0.579. The summed E-state index contributed by atoms with van der Waals surface area (Å²) in [7, 11) is 0. The van der Waals surface area contributed by atoms with Gasteiger partial charge in [-0.1, -0.05) is 22.0 Å². The fourth-order valence-electron chi connectivity index (χ4n) is 2.34. The predicted octanol–water partition coefficient (Wildman–Crippen LogP) is 4.61. The van der Waals surface area contributed by atoms with Crippen LogP contribution in [0.5, 0.6) is 0 Å². The van der Waals surface area contributed by atoms with Crippen LogP contribution in [0.25, 0.3) is 10.9 Å². The Morgan fingerprint density at radius 1 is 1.25 bits per heavy atom. The van der Waals surface area contributed by atoms with E-state index in [1.54, 1.807) is 30.5 Å². The molecule has 0 aliphatic carbocycles. The summed E-state index contributed by atoms with van der Waals surface area (Å²) < 4.78 is 14.8. The van der Waals surface area contributed by atoms with Crippen LogP contribution in [0.3, 0.4) is 0 Å². The summed E-state index contributed by atoms with van der Waals surface area (Å²) in [5, 5.41) is 0.343. The lowest BCUT2D eigenvalue weighted by Crippen LogP contribution is -2.01. The molecule has 1 aromatic heterocycles. The van der Waals surface area contributed by atoms with E-state index in [0.717, 1.165) is 10.0 Å². The van der Waals surface area contributed by atoms with Gasteiger partial charge in [0.2, 0.25) is 0 Å². The molecule has 2 aromatic carbocycles. The summed E-state index contributed by atoms with van der Waals surface area (Å²) in [5.41, 5.74) is 2.50. The van der Waals surface area contributed by atoms with Crippen LogP contribution in [-0.2, 0) is 0 Å². The smallest absolute Gasteiger partial charge is 0.195 e. The van der Waals surface area contributed by atoms with Gasteiger partial charge in [-0.05, 0) is 42.8 Å². The molecule has 0 saturated heterocycles. The number of aromatic amines is 1. The maximum absolute atomic E-state index is 13.9. The van der Waals surface area contributed by atoms with Gasteiger partial charge in [-0.2, -0.15) is 0 Å². The Hall–Kier alpha value is -1.94. The van der Waals surface area contributed by atoms with Crippen LogP contribution in [-0.4, -0.2) is 10.8 Å². The number of fused-ring (bicyclic) bond motifs is 1. The first-order valence-corrected chi connectivity index (χ1v) is 6.93. The fraction of sp³-hybridized carbons (Fsp3) is 0.0625. The lowest BCUT2D eigenvalue weighted by molar-refractivity contribution is 0.104. The number of rotatable bonds is 2. The number of carbonyl (C=O) groups is 1. The molecule has 0 saturated carbocycles. The fourth-order valence-corrected chi connectivity index (χ4v) is 2.95. The van der Waals surface area contributed by atoms with E-state index in [1.165, 1.54) is 6.07 Å². The second-order valence-electron chi connectivity index (χ2n) is 4.71. The van der Waals surface area contributed by atoms with E-state index in [1.807, 2.05) is 13.0 Å². The molecule has 2 nitrogen and oxygen atoms in total. The first-order chi connectivity index (χ1) is 9.56. The molecule has 3 aromatic rings. The monoisotopic (exact) mass is 331 g/mol. The van der Waals surface area contributed by atoms with E-state index in [-0.39, 0.29) is 11.6 Å². The Morgan fingerprint density at radius 3 is 2.80 bits per heavy atom. The zero-order valence-electron chi connectivity index (χ0n) is 10.7. The molecule has 0 unspecified atom stereocenters. The number of benzene rings is 2. The summed E-state index contributed by atoms with van der Waals surface area (Å²) >= 11 is 3.37. The number of aryl methyl sites for hydroxylation is 1.